The number of guanidine groups is 1. The van der Waals surface area contributed by atoms with Gasteiger partial charge in [0.1, 0.15) is 0 Å². The van der Waals surface area contributed by atoms with Crippen molar-refractivity contribution in [2.75, 3.05) is 46.9 Å². The van der Waals surface area contributed by atoms with E-state index in [2.05, 4.69) is 29.1 Å². The van der Waals surface area contributed by atoms with E-state index in [1.54, 1.807) is 14.2 Å². The van der Waals surface area contributed by atoms with Gasteiger partial charge in [-0.2, -0.15) is 0 Å². The maximum Gasteiger partial charge on any atom is 0.188 e. The summed E-state index contributed by atoms with van der Waals surface area (Å²) < 4.78 is 10.6. The van der Waals surface area contributed by atoms with Crippen molar-refractivity contribution in [3.63, 3.8) is 0 Å². The molecule has 0 fully saturated rings. The van der Waals surface area contributed by atoms with Gasteiger partial charge in [-0.1, -0.05) is 19.9 Å². The van der Waals surface area contributed by atoms with Crippen molar-refractivity contribution >= 4 is 5.96 Å². The predicted octanol–water partition coefficient (Wildman–Crippen LogP) is 2.66. The first-order valence-corrected chi connectivity index (χ1v) is 9.61. The van der Waals surface area contributed by atoms with Gasteiger partial charge < -0.3 is 25.4 Å². The van der Waals surface area contributed by atoms with Gasteiger partial charge in [0.05, 0.1) is 14.2 Å². The molecule has 26 heavy (non-hydrogen) atoms. The zero-order valence-electron chi connectivity index (χ0n) is 16.9. The summed E-state index contributed by atoms with van der Waals surface area (Å²) in [4.78, 5) is 6.92. The van der Waals surface area contributed by atoms with E-state index in [0.29, 0.717) is 5.96 Å². The number of nitrogens with one attached hydrogen (secondary N) is 1. The normalized spacial score (nSPS) is 11.7. The van der Waals surface area contributed by atoms with Crippen LogP contribution in [0.4, 0.5) is 0 Å². The highest BCUT2D eigenvalue weighted by Gasteiger charge is 2.05. The lowest BCUT2D eigenvalue weighted by Crippen LogP contribution is -2.33. The average molecular weight is 365 g/mol. The molecule has 0 aliphatic rings. The van der Waals surface area contributed by atoms with Crippen molar-refractivity contribution in [1.82, 2.24) is 10.2 Å². The first kappa shape index (κ1) is 22.1. The molecule has 0 bridgehead atoms. The van der Waals surface area contributed by atoms with Gasteiger partial charge in [0.25, 0.3) is 0 Å². The summed E-state index contributed by atoms with van der Waals surface area (Å²) >= 11 is 0. The largest absolute Gasteiger partial charge is 0.493 e. The van der Waals surface area contributed by atoms with Crippen LogP contribution in [0.5, 0.6) is 11.5 Å². The fourth-order valence-corrected chi connectivity index (χ4v) is 2.89. The van der Waals surface area contributed by atoms with Gasteiger partial charge in [0, 0.05) is 13.1 Å². The Hall–Kier alpha value is -1.95. The minimum Gasteiger partial charge on any atom is -0.493 e. The van der Waals surface area contributed by atoms with Crippen molar-refractivity contribution in [2.24, 2.45) is 10.7 Å². The molecule has 0 aliphatic carbocycles. The lowest BCUT2D eigenvalue weighted by atomic mass is 10.1. The van der Waals surface area contributed by atoms with Crippen molar-refractivity contribution in [2.45, 2.75) is 39.5 Å². The molecule has 0 amide bonds. The standard InChI is InChI=1S/C20H36N4O2/c1-5-13-24(14-6-2)15-7-11-22-20(21)23-12-10-17-8-9-18(25-3)19(16-17)26-4/h8-9,16H,5-7,10-15H2,1-4H3,(H3,21,22,23). The van der Waals surface area contributed by atoms with Gasteiger partial charge >= 0.3 is 0 Å². The molecular weight excluding hydrogens is 328 g/mol. The van der Waals surface area contributed by atoms with Crippen molar-refractivity contribution in [3.05, 3.63) is 23.8 Å². The van der Waals surface area contributed by atoms with Crippen LogP contribution in [0, 0.1) is 0 Å². The molecule has 0 aliphatic heterocycles. The summed E-state index contributed by atoms with van der Waals surface area (Å²) in [5.41, 5.74) is 7.12. The number of nitrogens with zero attached hydrogens (tertiary/aromatic N) is 2. The Labute approximate surface area is 158 Å². The number of benzene rings is 1. The molecule has 6 nitrogen and oxygen atoms in total. The second-order valence-electron chi connectivity index (χ2n) is 6.33. The van der Waals surface area contributed by atoms with Crippen LogP contribution >= 0.6 is 0 Å². The maximum absolute atomic E-state index is 5.95. The molecule has 0 atom stereocenters. The van der Waals surface area contributed by atoms with Gasteiger partial charge in [-0.05, 0) is 63.0 Å². The fourth-order valence-electron chi connectivity index (χ4n) is 2.89. The third-order valence-electron chi connectivity index (χ3n) is 4.16. The van der Waals surface area contributed by atoms with Crippen LogP contribution in [0.25, 0.3) is 0 Å². The van der Waals surface area contributed by atoms with E-state index in [1.807, 2.05) is 18.2 Å². The summed E-state index contributed by atoms with van der Waals surface area (Å²) in [6.07, 6.45) is 4.28. The van der Waals surface area contributed by atoms with E-state index in [-0.39, 0.29) is 0 Å². The zero-order valence-corrected chi connectivity index (χ0v) is 16.9. The number of methoxy groups -OCH3 is 2. The molecule has 0 saturated carbocycles. The molecule has 0 aromatic heterocycles. The lowest BCUT2D eigenvalue weighted by Gasteiger charge is -2.20. The third kappa shape index (κ3) is 8.43. The highest BCUT2D eigenvalue weighted by Crippen LogP contribution is 2.27. The van der Waals surface area contributed by atoms with Crippen LogP contribution < -0.4 is 20.5 Å². The maximum atomic E-state index is 5.95. The molecule has 3 N–H and O–H groups in total. The zero-order chi connectivity index (χ0) is 19.2. The minimum absolute atomic E-state index is 0.517. The van der Waals surface area contributed by atoms with E-state index in [4.69, 9.17) is 15.2 Å². The number of hydrogen-bond donors (Lipinski definition) is 2. The van der Waals surface area contributed by atoms with E-state index in [9.17, 15) is 0 Å². The number of aliphatic imine (C=N–C) groups is 1. The second-order valence-corrected chi connectivity index (χ2v) is 6.33. The summed E-state index contributed by atoms with van der Waals surface area (Å²) in [6.45, 7) is 9.36. The molecule has 0 saturated heterocycles. The lowest BCUT2D eigenvalue weighted by molar-refractivity contribution is 0.273. The molecule has 0 radical (unpaired) electrons. The van der Waals surface area contributed by atoms with E-state index < -0.39 is 0 Å². The second kappa shape index (κ2) is 13.3. The summed E-state index contributed by atoms with van der Waals surface area (Å²) in [5.74, 6) is 2.00. The molecular formula is C20H36N4O2. The van der Waals surface area contributed by atoms with Gasteiger partial charge in [0.15, 0.2) is 17.5 Å². The van der Waals surface area contributed by atoms with Crippen LogP contribution in [-0.4, -0.2) is 57.8 Å². The summed E-state index contributed by atoms with van der Waals surface area (Å²) in [6, 6.07) is 5.94. The SMILES string of the molecule is CCCN(CCC)CCCN=C(N)NCCc1ccc(OC)c(OC)c1. The number of nitrogens with two attached hydrogens (primary N) is 1. The minimum atomic E-state index is 0.517. The number of ether oxygens (including phenoxy) is 2. The van der Waals surface area contributed by atoms with Gasteiger partial charge in [-0.25, -0.2) is 0 Å². The van der Waals surface area contributed by atoms with Gasteiger partial charge in [-0.15, -0.1) is 0 Å². The Kier molecular flexibility index (Phi) is 11.3. The molecule has 6 heteroatoms. The van der Waals surface area contributed by atoms with E-state index in [0.717, 1.165) is 62.6 Å². The van der Waals surface area contributed by atoms with Gasteiger partial charge in [-0.3, -0.25) is 4.99 Å². The topological polar surface area (TPSA) is 72.1 Å². The molecule has 1 aromatic carbocycles. The first-order valence-electron chi connectivity index (χ1n) is 9.61. The molecule has 148 valence electrons. The van der Waals surface area contributed by atoms with Crippen molar-refractivity contribution in [1.29, 1.82) is 0 Å². The van der Waals surface area contributed by atoms with Crippen LogP contribution in [0.1, 0.15) is 38.7 Å². The highest BCUT2D eigenvalue weighted by atomic mass is 16.5. The van der Waals surface area contributed by atoms with Crippen LogP contribution in [-0.2, 0) is 6.42 Å². The number of rotatable bonds is 13. The smallest absolute Gasteiger partial charge is 0.188 e. The Bertz CT molecular complexity index is 529. The monoisotopic (exact) mass is 364 g/mol. The highest BCUT2D eigenvalue weighted by molar-refractivity contribution is 5.77. The quantitative estimate of drug-likeness (QED) is 0.320. The van der Waals surface area contributed by atoms with Crippen molar-refractivity contribution < 1.29 is 9.47 Å². The van der Waals surface area contributed by atoms with Gasteiger partial charge in [0.2, 0.25) is 0 Å². The average Bonchev–Trinajstić information content (AvgIpc) is 2.65. The summed E-state index contributed by atoms with van der Waals surface area (Å²) in [7, 11) is 3.28. The Morgan fingerprint density at radius 3 is 2.38 bits per heavy atom. The third-order valence-corrected chi connectivity index (χ3v) is 4.16. The summed E-state index contributed by atoms with van der Waals surface area (Å²) in [5, 5.41) is 3.18. The molecule has 0 unspecified atom stereocenters. The van der Waals surface area contributed by atoms with E-state index >= 15 is 0 Å². The van der Waals surface area contributed by atoms with Crippen molar-refractivity contribution in [3.8, 4) is 11.5 Å². The van der Waals surface area contributed by atoms with Crippen LogP contribution in [0.3, 0.4) is 0 Å². The Morgan fingerprint density at radius 1 is 1.08 bits per heavy atom. The predicted molar refractivity (Wildman–Crippen MR) is 109 cm³/mol. The molecule has 1 rings (SSSR count). The molecule has 0 heterocycles. The van der Waals surface area contributed by atoms with Crippen LogP contribution in [0.2, 0.25) is 0 Å². The Balaban J connectivity index is 2.30. The Morgan fingerprint density at radius 2 is 1.77 bits per heavy atom. The van der Waals surface area contributed by atoms with Crippen LogP contribution in [0.15, 0.2) is 23.2 Å². The molecule has 1 aromatic rings. The fraction of sp³-hybridized carbons (Fsp3) is 0.650. The number of hydrogen-bond acceptors (Lipinski definition) is 4. The first-order chi connectivity index (χ1) is 12.6. The van der Waals surface area contributed by atoms with E-state index in [1.165, 1.54) is 12.8 Å². The molecule has 0 spiro atoms.